The Morgan fingerprint density at radius 3 is 2.67 bits per heavy atom. The number of phenols is 1. The predicted molar refractivity (Wildman–Crippen MR) is 53.5 cm³/mol. The normalized spacial score (nSPS) is 9.67. The first-order valence-electron chi connectivity index (χ1n) is 3.96. The summed E-state index contributed by atoms with van der Waals surface area (Å²) >= 11 is 0. The van der Waals surface area contributed by atoms with E-state index in [0.29, 0.717) is 0 Å². The van der Waals surface area contributed by atoms with Gasteiger partial charge in [0, 0.05) is 18.7 Å². The lowest BCUT2D eigenvalue weighted by Gasteiger charge is -2.05. The van der Waals surface area contributed by atoms with Crippen molar-refractivity contribution in [3.05, 3.63) is 22.2 Å². The van der Waals surface area contributed by atoms with E-state index in [-0.39, 0.29) is 17.3 Å². The van der Waals surface area contributed by atoms with Crippen LogP contribution in [0, 0.1) is 10.1 Å². The lowest BCUT2D eigenvalue weighted by molar-refractivity contribution is -0.385. The molecule has 0 bridgehead atoms. The first-order chi connectivity index (χ1) is 6.91. The molecule has 1 rings (SSSR count). The van der Waals surface area contributed by atoms with Crippen LogP contribution in [0.4, 0.5) is 17.1 Å². The van der Waals surface area contributed by atoms with Gasteiger partial charge in [-0.25, -0.2) is 0 Å². The molecule has 7 nitrogen and oxygen atoms in total. The number of aromatic hydroxyl groups is 1. The number of hydrogen-bond donors (Lipinski definition) is 3. The van der Waals surface area contributed by atoms with E-state index in [1.165, 1.54) is 13.0 Å². The second kappa shape index (κ2) is 3.82. The first-order valence-corrected chi connectivity index (χ1v) is 3.96. The van der Waals surface area contributed by atoms with Crippen molar-refractivity contribution in [2.24, 2.45) is 0 Å². The highest BCUT2D eigenvalue weighted by atomic mass is 16.6. The Labute approximate surface area is 84.7 Å². The zero-order chi connectivity index (χ0) is 11.6. The third kappa shape index (κ3) is 2.33. The zero-order valence-electron chi connectivity index (χ0n) is 7.85. The highest BCUT2D eigenvalue weighted by Crippen LogP contribution is 2.34. The second-order valence-electron chi connectivity index (χ2n) is 2.87. The Bertz CT molecular complexity index is 430. The monoisotopic (exact) mass is 211 g/mol. The largest absolute Gasteiger partial charge is 0.501 e. The number of rotatable bonds is 2. The molecule has 0 saturated heterocycles. The van der Waals surface area contributed by atoms with E-state index in [0.717, 1.165) is 6.07 Å². The molecule has 0 spiro atoms. The molecule has 1 aromatic carbocycles. The molecule has 0 fully saturated rings. The van der Waals surface area contributed by atoms with Crippen molar-refractivity contribution in [3.8, 4) is 5.75 Å². The topological polar surface area (TPSA) is 118 Å². The van der Waals surface area contributed by atoms with Crippen molar-refractivity contribution in [1.29, 1.82) is 0 Å². The number of carbonyl (C=O) groups excluding carboxylic acids is 1. The van der Waals surface area contributed by atoms with Crippen molar-refractivity contribution in [3.63, 3.8) is 0 Å². The molecular formula is C8H9N3O4. The van der Waals surface area contributed by atoms with Crippen molar-refractivity contribution in [2.45, 2.75) is 6.92 Å². The highest BCUT2D eigenvalue weighted by Gasteiger charge is 2.17. The molecule has 0 unspecified atom stereocenters. The van der Waals surface area contributed by atoms with Crippen molar-refractivity contribution in [2.75, 3.05) is 11.1 Å². The molecule has 0 aliphatic carbocycles. The molecule has 0 atom stereocenters. The van der Waals surface area contributed by atoms with Crippen LogP contribution in [0.1, 0.15) is 6.92 Å². The summed E-state index contributed by atoms with van der Waals surface area (Å²) in [5, 5.41) is 22.1. The Morgan fingerprint density at radius 2 is 2.20 bits per heavy atom. The molecule has 1 aromatic rings. The Morgan fingerprint density at radius 1 is 1.60 bits per heavy atom. The number of nitrogens with zero attached hydrogens (tertiary/aromatic N) is 1. The number of phenolic OH excluding ortho intramolecular Hbond substituents is 1. The molecule has 7 heteroatoms. The molecule has 0 aliphatic rings. The van der Waals surface area contributed by atoms with Gasteiger partial charge < -0.3 is 16.2 Å². The second-order valence-corrected chi connectivity index (χ2v) is 2.87. The Balaban J connectivity index is 3.23. The van der Waals surface area contributed by atoms with Crippen LogP contribution < -0.4 is 11.1 Å². The summed E-state index contributed by atoms with van der Waals surface area (Å²) in [6.07, 6.45) is 0. The van der Waals surface area contributed by atoms with Crippen LogP contribution in [0.5, 0.6) is 5.75 Å². The van der Waals surface area contributed by atoms with Gasteiger partial charge in [-0.1, -0.05) is 0 Å². The van der Waals surface area contributed by atoms with Crippen LogP contribution in [0.3, 0.4) is 0 Å². The molecule has 0 radical (unpaired) electrons. The van der Waals surface area contributed by atoms with E-state index in [2.05, 4.69) is 5.32 Å². The standard InChI is InChI=1S/C8H9N3O4/c1-4(12)10-5-2-6(9)8(13)7(3-5)11(14)15/h2-3,13H,9H2,1H3,(H,10,12). The van der Waals surface area contributed by atoms with E-state index in [1.54, 1.807) is 0 Å². The minimum absolute atomic E-state index is 0.159. The number of nitrogens with two attached hydrogens (primary N) is 1. The fraction of sp³-hybridized carbons (Fsp3) is 0.125. The number of nitrogen functional groups attached to an aromatic ring is 1. The van der Waals surface area contributed by atoms with Crippen LogP contribution >= 0.6 is 0 Å². The fourth-order valence-corrected chi connectivity index (χ4v) is 1.06. The zero-order valence-corrected chi connectivity index (χ0v) is 7.85. The maximum absolute atomic E-state index is 10.7. The summed E-state index contributed by atoms with van der Waals surface area (Å²) in [4.78, 5) is 20.4. The Kier molecular flexibility index (Phi) is 2.75. The van der Waals surface area contributed by atoms with Gasteiger partial charge in [0.15, 0.2) is 0 Å². The number of anilines is 2. The van der Waals surface area contributed by atoms with Crippen LogP contribution in [0.25, 0.3) is 0 Å². The third-order valence-corrected chi connectivity index (χ3v) is 1.64. The Hall–Kier alpha value is -2.31. The fourth-order valence-electron chi connectivity index (χ4n) is 1.06. The van der Waals surface area contributed by atoms with Crippen molar-refractivity contribution in [1.82, 2.24) is 0 Å². The number of amides is 1. The minimum atomic E-state index is -0.781. The number of carbonyl (C=O) groups is 1. The van der Waals surface area contributed by atoms with Gasteiger partial charge in [0.2, 0.25) is 11.7 Å². The molecule has 1 amide bonds. The van der Waals surface area contributed by atoms with Gasteiger partial charge >= 0.3 is 5.69 Å². The average molecular weight is 211 g/mol. The van der Waals surface area contributed by atoms with Crippen LogP contribution in [0.15, 0.2) is 12.1 Å². The van der Waals surface area contributed by atoms with Gasteiger partial charge in [-0.15, -0.1) is 0 Å². The summed E-state index contributed by atoms with van der Waals surface area (Å²) in [5.74, 6) is -0.983. The average Bonchev–Trinajstić information content (AvgIpc) is 2.09. The van der Waals surface area contributed by atoms with Gasteiger partial charge in [-0.2, -0.15) is 0 Å². The smallest absolute Gasteiger partial charge is 0.314 e. The quantitative estimate of drug-likeness (QED) is 0.220. The lowest BCUT2D eigenvalue weighted by Crippen LogP contribution is -2.06. The molecule has 0 aliphatic heterocycles. The van der Waals surface area contributed by atoms with Gasteiger partial charge in [-0.05, 0) is 6.07 Å². The van der Waals surface area contributed by atoms with E-state index >= 15 is 0 Å². The van der Waals surface area contributed by atoms with Gasteiger partial charge in [0.05, 0.1) is 10.6 Å². The summed E-state index contributed by atoms with van der Waals surface area (Å²) in [7, 11) is 0. The molecule has 0 saturated carbocycles. The molecule has 15 heavy (non-hydrogen) atoms. The summed E-state index contributed by atoms with van der Waals surface area (Å²) in [6, 6.07) is 2.27. The van der Waals surface area contributed by atoms with E-state index in [4.69, 9.17) is 5.73 Å². The van der Waals surface area contributed by atoms with Crippen LogP contribution in [-0.4, -0.2) is 15.9 Å². The SMILES string of the molecule is CC(=O)Nc1cc(N)c(O)c([N+](=O)[O-])c1. The molecule has 0 aromatic heterocycles. The molecule has 0 heterocycles. The van der Waals surface area contributed by atoms with Crippen molar-refractivity contribution < 1.29 is 14.8 Å². The lowest BCUT2D eigenvalue weighted by atomic mass is 10.2. The molecular weight excluding hydrogens is 202 g/mol. The highest BCUT2D eigenvalue weighted by molar-refractivity contribution is 5.90. The molecule has 4 N–H and O–H groups in total. The predicted octanol–water partition coefficient (Wildman–Crippen LogP) is 0.841. The summed E-state index contributed by atoms with van der Waals surface area (Å²) in [6.45, 7) is 1.26. The number of hydrogen-bond acceptors (Lipinski definition) is 5. The number of benzene rings is 1. The van der Waals surface area contributed by atoms with Crippen molar-refractivity contribution >= 4 is 23.0 Å². The number of nitro benzene ring substituents is 1. The summed E-state index contributed by atoms with van der Waals surface area (Å²) in [5.41, 5.74) is 4.80. The van der Waals surface area contributed by atoms with Crippen LogP contribution in [-0.2, 0) is 4.79 Å². The van der Waals surface area contributed by atoms with Crippen LogP contribution in [0.2, 0.25) is 0 Å². The van der Waals surface area contributed by atoms with Gasteiger partial charge in [-0.3, -0.25) is 14.9 Å². The number of nitro groups is 1. The van der Waals surface area contributed by atoms with Gasteiger partial charge in [0.1, 0.15) is 0 Å². The third-order valence-electron chi connectivity index (χ3n) is 1.64. The van der Waals surface area contributed by atoms with E-state index in [1.807, 2.05) is 0 Å². The maximum atomic E-state index is 10.7. The van der Waals surface area contributed by atoms with E-state index < -0.39 is 16.4 Å². The minimum Gasteiger partial charge on any atom is -0.501 e. The van der Waals surface area contributed by atoms with Gasteiger partial charge in [0.25, 0.3) is 0 Å². The van der Waals surface area contributed by atoms with E-state index in [9.17, 15) is 20.0 Å². The maximum Gasteiger partial charge on any atom is 0.314 e. The summed E-state index contributed by atoms with van der Waals surface area (Å²) < 4.78 is 0. The number of nitrogens with one attached hydrogen (secondary N) is 1. The molecule has 80 valence electrons. The first kappa shape index (κ1) is 10.8.